The molecule has 1 amide bonds. The Hall–Kier alpha value is -3.02. The van der Waals surface area contributed by atoms with Gasteiger partial charge in [-0.05, 0) is 42.2 Å². The zero-order valence-corrected chi connectivity index (χ0v) is 17.2. The summed E-state index contributed by atoms with van der Waals surface area (Å²) in [4.78, 5) is 24.5. The lowest BCUT2D eigenvalue weighted by molar-refractivity contribution is -0.122. The molecule has 0 saturated heterocycles. The lowest BCUT2D eigenvalue weighted by Crippen LogP contribution is -2.30. The van der Waals surface area contributed by atoms with Gasteiger partial charge in [-0.15, -0.1) is 0 Å². The predicted molar refractivity (Wildman–Crippen MR) is 108 cm³/mol. The summed E-state index contributed by atoms with van der Waals surface area (Å²) in [5.74, 6) is -0.157. The fourth-order valence-electron chi connectivity index (χ4n) is 2.55. The van der Waals surface area contributed by atoms with Crippen molar-refractivity contribution in [2.75, 3.05) is 19.5 Å². The topological polar surface area (TPSA) is 73.9 Å². The minimum absolute atomic E-state index is 0.0373. The van der Waals surface area contributed by atoms with Crippen LogP contribution in [0.4, 0.5) is 5.69 Å². The summed E-state index contributed by atoms with van der Waals surface area (Å²) >= 11 is 0. The number of carbonyl (C=O) groups is 2. The van der Waals surface area contributed by atoms with Crippen molar-refractivity contribution in [3.63, 3.8) is 0 Å². The molecule has 0 aliphatic heterocycles. The third-order valence-electron chi connectivity index (χ3n) is 4.29. The molecule has 0 heterocycles. The first-order chi connectivity index (χ1) is 13.2. The number of benzene rings is 2. The van der Waals surface area contributed by atoms with Gasteiger partial charge in [-0.25, -0.2) is 4.79 Å². The van der Waals surface area contributed by atoms with Crippen LogP contribution < -0.4 is 14.8 Å². The lowest BCUT2D eigenvalue weighted by Gasteiger charge is -2.20. The first-order valence-corrected chi connectivity index (χ1v) is 9.00. The van der Waals surface area contributed by atoms with Crippen LogP contribution in [0.3, 0.4) is 0 Å². The van der Waals surface area contributed by atoms with E-state index in [4.69, 9.17) is 14.2 Å². The number of nitrogens with one attached hydrogen (secondary N) is 1. The molecule has 0 aliphatic rings. The van der Waals surface area contributed by atoms with Crippen molar-refractivity contribution in [1.29, 1.82) is 0 Å². The number of ether oxygens (including phenoxy) is 3. The highest BCUT2D eigenvalue weighted by Crippen LogP contribution is 2.27. The Bertz CT molecular complexity index is 837. The van der Waals surface area contributed by atoms with Crippen LogP contribution in [-0.2, 0) is 14.9 Å². The molecule has 0 fully saturated rings. The normalized spacial score (nSPS) is 12.1. The largest absolute Gasteiger partial charge is 0.497 e. The Labute approximate surface area is 165 Å². The minimum Gasteiger partial charge on any atom is -0.497 e. The second kappa shape index (κ2) is 8.78. The molecule has 1 unspecified atom stereocenters. The Morgan fingerprint density at radius 1 is 1.00 bits per heavy atom. The van der Waals surface area contributed by atoms with Gasteiger partial charge in [0, 0.05) is 11.8 Å². The number of carbonyl (C=O) groups excluding carboxylic acids is 2. The minimum atomic E-state index is -0.835. The average Bonchev–Trinajstić information content (AvgIpc) is 2.66. The van der Waals surface area contributed by atoms with E-state index in [1.165, 1.54) is 25.8 Å². The van der Waals surface area contributed by atoms with Crippen molar-refractivity contribution in [2.24, 2.45) is 0 Å². The molecule has 0 spiro atoms. The van der Waals surface area contributed by atoms with Crippen molar-refractivity contribution in [3.05, 3.63) is 53.6 Å². The van der Waals surface area contributed by atoms with E-state index in [-0.39, 0.29) is 22.6 Å². The summed E-state index contributed by atoms with van der Waals surface area (Å²) in [5, 5.41) is 2.82. The highest BCUT2D eigenvalue weighted by Gasteiger charge is 2.21. The van der Waals surface area contributed by atoms with Gasteiger partial charge in [-0.2, -0.15) is 0 Å². The molecule has 0 aromatic heterocycles. The van der Waals surface area contributed by atoms with Gasteiger partial charge in [0.05, 0.1) is 14.2 Å². The van der Waals surface area contributed by atoms with Crippen molar-refractivity contribution in [3.8, 4) is 11.5 Å². The Morgan fingerprint density at radius 2 is 1.64 bits per heavy atom. The maximum atomic E-state index is 12.5. The first-order valence-electron chi connectivity index (χ1n) is 9.00. The molecular formula is C22H27NO5. The van der Waals surface area contributed by atoms with E-state index in [1.807, 2.05) is 24.3 Å². The van der Waals surface area contributed by atoms with E-state index in [0.29, 0.717) is 11.4 Å². The van der Waals surface area contributed by atoms with Crippen LogP contribution >= 0.6 is 0 Å². The number of esters is 1. The van der Waals surface area contributed by atoms with Gasteiger partial charge < -0.3 is 19.5 Å². The molecule has 0 saturated carbocycles. The summed E-state index contributed by atoms with van der Waals surface area (Å²) in [6.07, 6.45) is -0.835. The zero-order valence-electron chi connectivity index (χ0n) is 17.2. The highest BCUT2D eigenvalue weighted by molar-refractivity contribution is 5.95. The van der Waals surface area contributed by atoms with Gasteiger partial charge >= 0.3 is 5.97 Å². The van der Waals surface area contributed by atoms with Crippen LogP contribution in [0.25, 0.3) is 0 Å². The van der Waals surface area contributed by atoms with Gasteiger partial charge in [-0.3, -0.25) is 4.79 Å². The smallest absolute Gasteiger partial charge is 0.341 e. The predicted octanol–water partition coefficient (Wildman–Crippen LogP) is 4.19. The van der Waals surface area contributed by atoms with Crippen molar-refractivity contribution in [1.82, 2.24) is 0 Å². The number of anilines is 1. The van der Waals surface area contributed by atoms with Gasteiger partial charge in [0.15, 0.2) is 6.10 Å². The fraction of sp³-hybridized carbons (Fsp3) is 0.364. The van der Waals surface area contributed by atoms with Crippen LogP contribution in [-0.4, -0.2) is 32.2 Å². The molecule has 150 valence electrons. The number of hydrogen-bond acceptors (Lipinski definition) is 5. The van der Waals surface area contributed by atoms with Crippen LogP contribution in [0.5, 0.6) is 11.5 Å². The lowest BCUT2D eigenvalue weighted by atomic mass is 9.87. The molecule has 28 heavy (non-hydrogen) atoms. The molecule has 0 radical (unpaired) electrons. The first kappa shape index (κ1) is 21.3. The molecular weight excluding hydrogens is 358 g/mol. The number of rotatable bonds is 6. The van der Waals surface area contributed by atoms with Crippen LogP contribution in [0.2, 0.25) is 0 Å². The van der Waals surface area contributed by atoms with Crippen molar-refractivity contribution >= 4 is 17.6 Å². The molecule has 2 aromatic carbocycles. The third-order valence-corrected chi connectivity index (χ3v) is 4.29. The number of methoxy groups -OCH3 is 2. The summed E-state index contributed by atoms with van der Waals surface area (Å²) < 4.78 is 15.7. The summed E-state index contributed by atoms with van der Waals surface area (Å²) in [5.41, 5.74) is 2.11. The van der Waals surface area contributed by atoms with E-state index in [0.717, 1.165) is 0 Å². The van der Waals surface area contributed by atoms with E-state index in [2.05, 4.69) is 26.1 Å². The van der Waals surface area contributed by atoms with Gasteiger partial charge in [0.2, 0.25) is 0 Å². The molecule has 6 heteroatoms. The summed E-state index contributed by atoms with van der Waals surface area (Å²) in [7, 11) is 2.79. The SMILES string of the molecule is COC(=O)c1ccc(OC)cc1OC(C)C(=O)Nc1ccc(C(C)(C)C)cc1. The molecule has 1 atom stereocenters. The van der Waals surface area contributed by atoms with E-state index >= 15 is 0 Å². The van der Waals surface area contributed by atoms with Gasteiger partial charge in [-0.1, -0.05) is 32.9 Å². The standard InChI is InChI=1S/C22H27NO5/c1-14(20(24)23-16-9-7-15(8-10-16)22(2,3)4)28-19-13-17(26-5)11-12-18(19)21(25)27-6/h7-14H,1-6H3,(H,23,24). The van der Waals surface area contributed by atoms with E-state index in [1.54, 1.807) is 19.1 Å². The molecule has 1 N–H and O–H groups in total. The quantitative estimate of drug-likeness (QED) is 0.755. The Balaban J connectivity index is 2.13. The molecule has 6 nitrogen and oxygen atoms in total. The maximum Gasteiger partial charge on any atom is 0.341 e. The van der Waals surface area contributed by atoms with Gasteiger partial charge in [0.25, 0.3) is 5.91 Å². The zero-order chi connectivity index (χ0) is 20.9. The third kappa shape index (κ3) is 5.25. The van der Waals surface area contributed by atoms with Gasteiger partial charge in [0.1, 0.15) is 17.1 Å². The number of amides is 1. The molecule has 0 aliphatic carbocycles. The molecule has 2 aromatic rings. The van der Waals surface area contributed by atoms with E-state index < -0.39 is 12.1 Å². The second-order valence-corrected chi connectivity index (χ2v) is 7.43. The second-order valence-electron chi connectivity index (χ2n) is 7.43. The molecule has 2 rings (SSSR count). The Kier molecular flexibility index (Phi) is 6.67. The Morgan fingerprint density at radius 3 is 2.18 bits per heavy atom. The number of hydrogen-bond donors (Lipinski definition) is 1. The van der Waals surface area contributed by atoms with Crippen LogP contribution in [0.15, 0.2) is 42.5 Å². The summed E-state index contributed by atoms with van der Waals surface area (Å²) in [6, 6.07) is 12.4. The van der Waals surface area contributed by atoms with Crippen molar-refractivity contribution in [2.45, 2.75) is 39.2 Å². The highest BCUT2D eigenvalue weighted by atomic mass is 16.5. The maximum absolute atomic E-state index is 12.5. The summed E-state index contributed by atoms with van der Waals surface area (Å²) in [6.45, 7) is 8.00. The van der Waals surface area contributed by atoms with Crippen LogP contribution in [0.1, 0.15) is 43.6 Å². The average molecular weight is 385 g/mol. The fourth-order valence-corrected chi connectivity index (χ4v) is 2.55. The van der Waals surface area contributed by atoms with Crippen LogP contribution in [0, 0.1) is 0 Å². The van der Waals surface area contributed by atoms with E-state index in [9.17, 15) is 9.59 Å². The molecule has 0 bridgehead atoms. The monoisotopic (exact) mass is 385 g/mol. The van der Waals surface area contributed by atoms with Crippen molar-refractivity contribution < 1.29 is 23.8 Å².